The van der Waals surface area contributed by atoms with Gasteiger partial charge in [-0.1, -0.05) is 0 Å². The lowest BCUT2D eigenvalue weighted by Gasteiger charge is -2.31. The first kappa shape index (κ1) is 27.8. The predicted molar refractivity (Wildman–Crippen MR) is 138 cm³/mol. The van der Waals surface area contributed by atoms with Crippen LogP contribution >= 0.6 is 0 Å². The van der Waals surface area contributed by atoms with Crippen LogP contribution in [0, 0.1) is 5.41 Å². The third kappa shape index (κ3) is 7.80. The van der Waals surface area contributed by atoms with Crippen LogP contribution in [0.4, 0.5) is 0 Å². The Bertz CT molecular complexity index is 940. The second-order valence-electron chi connectivity index (χ2n) is 8.81. The van der Waals surface area contributed by atoms with Crippen molar-refractivity contribution in [1.82, 2.24) is 4.90 Å². The Morgan fingerprint density at radius 2 is 1.37 bits per heavy atom. The second-order valence-corrected chi connectivity index (χ2v) is 8.81. The molecule has 0 saturated carbocycles. The van der Waals surface area contributed by atoms with Gasteiger partial charge < -0.3 is 29.6 Å². The summed E-state index contributed by atoms with van der Waals surface area (Å²) >= 11 is 0. The van der Waals surface area contributed by atoms with Crippen LogP contribution in [0.5, 0.6) is 23.0 Å². The first-order valence-corrected chi connectivity index (χ1v) is 12.0. The van der Waals surface area contributed by atoms with Crippen LogP contribution in [0.15, 0.2) is 36.4 Å². The molecule has 3 N–H and O–H groups in total. The van der Waals surface area contributed by atoms with E-state index in [9.17, 15) is 4.79 Å². The van der Waals surface area contributed by atoms with E-state index in [4.69, 9.17) is 30.1 Å². The standard InChI is InChI=1S/C27H39N3O5/c1-18(2)30(19(3)4)27(31)21-16-23(32-5)25(24(17-21)33-6)35-15-9-7-8-14-34-22-12-10-20(11-13-22)26(28)29/h10-13,16-19H,7-9,14-15H2,1-6H3,(H3,28,29). The lowest BCUT2D eigenvalue weighted by Crippen LogP contribution is -2.42. The highest BCUT2D eigenvalue weighted by atomic mass is 16.5. The number of amides is 1. The first-order chi connectivity index (χ1) is 16.7. The zero-order valence-corrected chi connectivity index (χ0v) is 21.7. The van der Waals surface area contributed by atoms with Gasteiger partial charge in [0.2, 0.25) is 5.75 Å². The third-order valence-corrected chi connectivity index (χ3v) is 5.52. The van der Waals surface area contributed by atoms with E-state index < -0.39 is 0 Å². The molecule has 0 unspecified atom stereocenters. The molecule has 0 heterocycles. The monoisotopic (exact) mass is 485 g/mol. The maximum atomic E-state index is 13.1. The molecule has 0 spiro atoms. The van der Waals surface area contributed by atoms with E-state index in [1.165, 1.54) is 0 Å². The van der Waals surface area contributed by atoms with Crippen LogP contribution in [0.2, 0.25) is 0 Å². The highest BCUT2D eigenvalue weighted by molar-refractivity contribution is 5.96. The van der Waals surface area contributed by atoms with Gasteiger partial charge in [-0.05, 0) is 83.4 Å². The summed E-state index contributed by atoms with van der Waals surface area (Å²) in [4.78, 5) is 15.0. The quantitative estimate of drug-likeness (QED) is 0.224. The van der Waals surface area contributed by atoms with E-state index in [0.717, 1.165) is 25.0 Å². The fourth-order valence-corrected chi connectivity index (χ4v) is 3.84. The number of hydrogen-bond acceptors (Lipinski definition) is 6. The number of unbranched alkanes of at least 4 members (excludes halogenated alkanes) is 2. The molecular formula is C27H39N3O5. The molecule has 1 amide bonds. The van der Waals surface area contributed by atoms with Gasteiger partial charge in [-0.2, -0.15) is 0 Å². The van der Waals surface area contributed by atoms with E-state index in [1.54, 1.807) is 38.5 Å². The molecule has 0 saturated heterocycles. The van der Waals surface area contributed by atoms with Gasteiger partial charge in [0.25, 0.3) is 5.91 Å². The van der Waals surface area contributed by atoms with Crippen molar-refractivity contribution >= 4 is 11.7 Å². The fourth-order valence-electron chi connectivity index (χ4n) is 3.84. The van der Waals surface area contributed by atoms with Gasteiger partial charge in [0.05, 0.1) is 27.4 Å². The molecule has 0 aromatic heterocycles. The maximum absolute atomic E-state index is 13.1. The molecule has 0 fully saturated rings. The molecule has 35 heavy (non-hydrogen) atoms. The van der Waals surface area contributed by atoms with Crippen molar-refractivity contribution in [3.63, 3.8) is 0 Å². The molecule has 0 bridgehead atoms. The molecule has 0 aliphatic heterocycles. The average Bonchev–Trinajstić information content (AvgIpc) is 2.82. The third-order valence-electron chi connectivity index (χ3n) is 5.52. The summed E-state index contributed by atoms with van der Waals surface area (Å²) in [5, 5.41) is 7.42. The minimum Gasteiger partial charge on any atom is -0.494 e. The number of nitrogen functional groups attached to an aromatic ring is 1. The van der Waals surface area contributed by atoms with Crippen molar-refractivity contribution < 1.29 is 23.7 Å². The molecule has 8 nitrogen and oxygen atoms in total. The van der Waals surface area contributed by atoms with Gasteiger partial charge in [-0.15, -0.1) is 0 Å². The molecular weight excluding hydrogens is 446 g/mol. The van der Waals surface area contributed by atoms with Crippen LogP contribution in [-0.2, 0) is 0 Å². The van der Waals surface area contributed by atoms with Gasteiger partial charge in [-0.25, -0.2) is 0 Å². The largest absolute Gasteiger partial charge is 0.494 e. The van der Waals surface area contributed by atoms with Crippen LogP contribution in [0.3, 0.4) is 0 Å². The minimum atomic E-state index is -0.0749. The number of nitrogens with zero attached hydrogens (tertiary/aromatic N) is 1. The Balaban J connectivity index is 1.90. The van der Waals surface area contributed by atoms with E-state index in [-0.39, 0.29) is 23.8 Å². The number of nitrogens with two attached hydrogens (primary N) is 1. The molecule has 0 aliphatic carbocycles. The average molecular weight is 486 g/mol. The summed E-state index contributed by atoms with van der Waals surface area (Å²) < 4.78 is 22.8. The SMILES string of the molecule is COc1cc(C(=O)N(C(C)C)C(C)C)cc(OC)c1OCCCCCOc1ccc(C(=N)N)cc1. The number of benzene rings is 2. The summed E-state index contributed by atoms with van der Waals surface area (Å²) in [7, 11) is 3.11. The topological polar surface area (TPSA) is 107 Å². The Kier molecular flexibility index (Phi) is 10.7. The molecule has 0 aliphatic rings. The highest BCUT2D eigenvalue weighted by Gasteiger charge is 2.25. The van der Waals surface area contributed by atoms with Crippen LogP contribution < -0.4 is 24.7 Å². The molecule has 0 atom stereocenters. The van der Waals surface area contributed by atoms with Gasteiger partial charge in [0.15, 0.2) is 11.5 Å². The van der Waals surface area contributed by atoms with E-state index >= 15 is 0 Å². The predicted octanol–water partition coefficient (Wildman–Crippen LogP) is 4.87. The second kappa shape index (κ2) is 13.5. The Morgan fingerprint density at radius 1 is 0.857 bits per heavy atom. The zero-order valence-electron chi connectivity index (χ0n) is 21.7. The molecule has 2 aromatic carbocycles. The lowest BCUT2D eigenvalue weighted by molar-refractivity contribution is 0.0643. The number of amidine groups is 1. The van der Waals surface area contributed by atoms with Crippen molar-refractivity contribution in [3.05, 3.63) is 47.5 Å². The summed E-state index contributed by atoms with van der Waals surface area (Å²) in [5.41, 5.74) is 6.64. The number of rotatable bonds is 14. The molecule has 8 heteroatoms. The Labute approximate surface area is 208 Å². The summed E-state index contributed by atoms with van der Waals surface area (Å²) in [6.45, 7) is 9.07. The van der Waals surface area contributed by atoms with E-state index in [2.05, 4.69) is 0 Å². The summed E-state index contributed by atoms with van der Waals surface area (Å²) in [6.07, 6.45) is 2.62. The van der Waals surface area contributed by atoms with Crippen LogP contribution in [-0.4, -0.2) is 56.2 Å². The van der Waals surface area contributed by atoms with Crippen molar-refractivity contribution in [3.8, 4) is 23.0 Å². The van der Waals surface area contributed by atoms with Crippen LogP contribution in [0.1, 0.15) is 62.9 Å². The van der Waals surface area contributed by atoms with Crippen molar-refractivity contribution in [2.75, 3.05) is 27.4 Å². The van der Waals surface area contributed by atoms with Crippen molar-refractivity contribution in [2.24, 2.45) is 5.73 Å². The Hall–Kier alpha value is -3.42. The van der Waals surface area contributed by atoms with E-state index in [1.807, 2.05) is 44.7 Å². The van der Waals surface area contributed by atoms with Gasteiger partial charge in [0, 0.05) is 23.2 Å². The lowest BCUT2D eigenvalue weighted by atomic mass is 10.1. The number of hydrogen-bond donors (Lipinski definition) is 2. The van der Waals surface area contributed by atoms with Gasteiger partial charge >= 0.3 is 0 Å². The maximum Gasteiger partial charge on any atom is 0.254 e. The number of carbonyl (C=O) groups is 1. The van der Waals surface area contributed by atoms with Crippen molar-refractivity contribution in [2.45, 2.75) is 59.0 Å². The zero-order chi connectivity index (χ0) is 26.0. The number of carbonyl (C=O) groups excluding carboxylic acids is 1. The molecule has 192 valence electrons. The van der Waals surface area contributed by atoms with E-state index in [0.29, 0.717) is 41.6 Å². The number of ether oxygens (including phenoxy) is 4. The molecule has 2 rings (SSSR count). The summed E-state index contributed by atoms with van der Waals surface area (Å²) in [6, 6.07) is 10.7. The summed E-state index contributed by atoms with van der Waals surface area (Å²) in [5.74, 6) is 2.15. The van der Waals surface area contributed by atoms with Gasteiger partial charge in [-0.3, -0.25) is 10.2 Å². The number of methoxy groups -OCH3 is 2. The van der Waals surface area contributed by atoms with Gasteiger partial charge in [0.1, 0.15) is 11.6 Å². The minimum absolute atomic E-state index is 0.0409. The number of nitrogens with one attached hydrogen (secondary N) is 1. The molecule has 2 aromatic rings. The fraction of sp³-hybridized carbons (Fsp3) is 0.481. The highest BCUT2D eigenvalue weighted by Crippen LogP contribution is 2.39. The first-order valence-electron chi connectivity index (χ1n) is 12.0. The smallest absolute Gasteiger partial charge is 0.254 e. The normalized spacial score (nSPS) is 10.9. The molecule has 0 radical (unpaired) electrons. The Morgan fingerprint density at radius 3 is 1.83 bits per heavy atom. The van der Waals surface area contributed by atoms with Crippen LogP contribution in [0.25, 0.3) is 0 Å². The van der Waals surface area contributed by atoms with Crippen molar-refractivity contribution in [1.29, 1.82) is 5.41 Å².